The molecule has 10 heavy (non-hydrogen) atoms. The molecule has 0 saturated heterocycles. The molecule has 1 fully saturated rings. The van der Waals surface area contributed by atoms with E-state index in [1.807, 2.05) is 0 Å². The summed E-state index contributed by atoms with van der Waals surface area (Å²) in [5.74, 6) is 1.57. The molecule has 1 aliphatic carbocycles. The number of hydrogen-bond donors (Lipinski definition) is 1. The molecule has 0 bridgehead atoms. The van der Waals surface area contributed by atoms with Crippen molar-refractivity contribution in [1.82, 2.24) is 0 Å². The molecular weight excluding hydrogens is 124 g/mol. The Morgan fingerprint density at radius 3 is 2.50 bits per heavy atom. The molecule has 0 heterocycles. The van der Waals surface area contributed by atoms with Gasteiger partial charge in [-0.3, -0.25) is 0 Å². The minimum absolute atomic E-state index is 0.417. The molecular formula is C9H18O. The van der Waals surface area contributed by atoms with Gasteiger partial charge in [-0.05, 0) is 24.7 Å². The van der Waals surface area contributed by atoms with Crippen molar-refractivity contribution < 1.29 is 5.11 Å². The van der Waals surface area contributed by atoms with Gasteiger partial charge in [0, 0.05) is 6.61 Å². The zero-order valence-electron chi connectivity index (χ0n) is 6.84. The normalized spacial score (nSPS) is 33.0. The van der Waals surface area contributed by atoms with Crippen LogP contribution in [0.4, 0.5) is 0 Å². The summed E-state index contributed by atoms with van der Waals surface area (Å²) < 4.78 is 0. The fraction of sp³-hybridized carbons (Fsp3) is 1.00. The Balaban J connectivity index is 2.15. The minimum Gasteiger partial charge on any atom is -0.396 e. The van der Waals surface area contributed by atoms with E-state index < -0.39 is 0 Å². The lowest BCUT2D eigenvalue weighted by Crippen LogP contribution is -2.00. The second-order valence-electron chi connectivity index (χ2n) is 3.52. The molecule has 0 radical (unpaired) electrons. The van der Waals surface area contributed by atoms with Crippen LogP contribution in [-0.4, -0.2) is 11.7 Å². The Bertz CT molecular complexity index is 90.7. The third-order valence-electron chi connectivity index (χ3n) is 2.60. The molecule has 1 saturated carbocycles. The molecule has 1 unspecified atom stereocenters. The average molecular weight is 142 g/mol. The maximum atomic E-state index is 8.85. The molecule has 1 rings (SSSR count). The topological polar surface area (TPSA) is 20.2 Å². The monoisotopic (exact) mass is 142 g/mol. The summed E-state index contributed by atoms with van der Waals surface area (Å²) in [4.78, 5) is 0. The Kier molecular flexibility index (Phi) is 3.20. The number of aliphatic hydroxyl groups is 1. The van der Waals surface area contributed by atoms with Gasteiger partial charge in [0.15, 0.2) is 0 Å². The first-order chi connectivity index (χ1) is 4.86. The Morgan fingerprint density at radius 2 is 2.00 bits per heavy atom. The van der Waals surface area contributed by atoms with Gasteiger partial charge in [-0.2, -0.15) is 0 Å². The van der Waals surface area contributed by atoms with Crippen LogP contribution in [0.25, 0.3) is 0 Å². The zero-order chi connectivity index (χ0) is 7.40. The number of hydrogen-bond acceptors (Lipinski definition) is 1. The first kappa shape index (κ1) is 8.06. The van der Waals surface area contributed by atoms with Crippen molar-refractivity contribution in [3.8, 4) is 0 Å². The lowest BCUT2D eigenvalue weighted by molar-refractivity contribution is 0.225. The number of aliphatic hydroxyl groups excluding tert-OH is 1. The van der Waals surface area contributed by atoms with Gasteiger partial charge in [0.25, 0.3) is 0 Å². The quantitative estimate of drug-likeness (QED) is 0.640. The van der Waals surface area contributed by atoms with Crippen LogP contribution >= 0.6 is 0 Å². The van der Waals surface area contributed by atoms with E-state index >= 15 is 0 Å². The van der Waals surface area contributed by atoms with E-state index in [1.54, 1.807) is 0 Å². The van der Waals surface area contributed by atoms with Gasteiger partial charge in [0.1, 0.15) is 0 Å². The molecule has 0 aromatic carbocycles. The molecule has 0 amide bonds. The van der Waals surface area contributed by atoms with Crippen LogP contribution in [0.15, 0.2) is 0 Å². The van der Waals surface area contributed by atoms with Gasteiger partial charge < -0.3 is 5.11 Å². The summed E-state index contributed by atoms with van der Waals surface area (Å²) in [7, 11) is 0. The number of rotatable bonds is 3. The molecule has 2 atom stereocenters. The highest BCUT2D eigenvalue weighted by atomic mass is 16.3. The summed E-state index contributed by atoms with van der Waals surface area (Å²) in [6.07, 6.45) is 6.59. The molecule has 1 nitrogen and oxygen atoms in total. The Labute approximate surface area is 63.4 Å². The predicted molar refractivity (Wildman–Crippen MR) is 42.8 cm³/mol. The second-order valence-corrected chi connectivity index (χ2v) is 3.52. The van der Waals surface area contributed by atoms with Crippen molar-refractivity contribution in [2.24, 2.45) is 11.8 Å². The highest BCUT2D eigenvalue weighted by Gasteiger charge is 2.22. The van der Waals surface area contributed by atoms with E-state index in [-0.39, 0.29) is 0 Å². The van der Waals surface area contributed by atoms with Crippen molar-refractivity contribution in [3.05, 3.63) is 0 Å². The summed E-state index contributed by atoms with van der Waals surface area (Å²) in [6.45, 7) is 2.66. The SMILES string of the molecule is CCC[C@H]1CCC(CO)C1. The van der Waals surface area contributed by atoms with Crippen LogP contribution in [0.3, 0.4) is 0 Å². The van der Waals surface area contributed by atoms with Crippen molar-refractivity contribution in [3.63, 3.8) is 0 Å². The van der Waals surface area contributed by atoms with Gasteiger partial charge >= 0.3 is 0 Å². The molecule has 0 aliphatic heterocycles. The third kappa shape index (κ3) is 1.98. The van der Waals surface area contributed by atoms with Crippen molar-refractivity contribution >= 4 is 0 Å². The fourth-order valence-electron chi connectivity index (χ4n) is 2.01. The van der Waals surface area contributed by atoms with Crippen LogP contribution in [-0.2, 0) is 0 Å². The largest absolute Gasteiger partial charge is 0.396 e. The van der Waals surface area contributed by atoms with E-state index in [4.69, 9.17) is 5.11 Å². The van der Waals surface area contributed by atoms with Gasteiger partial charge in [-0.1, -0.05) is 26.2 Å². The summed E-state index contributed by atoms with van der Waals surface area (Å²) >= 11 is 0. The van der Waals surface area contributed by atoms with E-state index in [0.717, 1.165) is 5.92 Å². The Hall–Kier alpha value is -0.0400. The zero-order valence-corrected chi connectivity index (χ0v) is 6.84. The smallest absolute Gasteiger partial charge is 0.0459 e. The lowest BCUT2D eigenvalue weighted by atomic mass is 10.0. The molecule has 0 spiro atoms. The van der Waals surface area contributed by atoms with E-state index in [1.165, 1.54) is 32.1 Å². The van der Waals surface area contributed by atoms with Crippen molar-refractivity contribution in [1.29, 1.82) is 0 Å². The van der Waals surface area contributed by atoms with Gasteiger partial charge in [0.05, 0.1) is 0 Å². The first-order valence-corrected chi connectivity index (χ1v) is 4.47. The maximum absolute atomic E-state index is 8.85. The fourth-order valence-corrected chi connectivity index (χ4v) is 2.01. The minimum atomic E-state index is 0.417. The van der Waals surface area contributed by atoms with Crippen LogP contribution < -0.4 is 0 Å². The molecule has 0 aromatic heterocycles. The first-order valence-electron chi connectivity index (χ1n) is 4.47. The Morgan fingerprint density at radius 1 is 1.30 bits per heavy atom. The van der Waals surface area contributed by atoms with Crippen LogP contribution in [0.2, 0.25) is 0 Å². The predicted octanol–water partition coefficient (Wildman–Crippen LogP) is 2.20. The van der Waals surface area contributed by atoms with Crippen LogP contribution in [0.1, 0.15) is 39.0 Å². The molecule has 60 valence electrons. The molecule has 1 heteroatoms. The molecule has 0 aromatic rings. The van der Waals surface area contributed by atoms with Gasteiger partial charge in [-0.25, -0.2) is 0 Å². The van der Waals surface area contributed by atoms with Crippen molar-refractivity contribution in [2.45, 2.75) is 39.0 Å². The van der Waals surface area contributed by atoms with E-state index in [0.29, 0.717) is 12.5 Å². The summed E-state index contributed by atoms with van der Waals surface area (Å²) in [5.41, 5.74) is 0. The molecule has 1 N–H and O–H groups in total. The lowest BCUT2D eigenvalue weighted by Gasteiger charge is -2.06. The second kappa shape index (κ2) is 3.97. The van der Waals surface area contributed by atoms with E-state index in [9.17, 15) is 0 Å². The van der Waals surface area contributed by atoms with E-state index in [2.05, 4.69) is 6.92 Å². The standard InChI is InChI=1S/C9H18O/c1-2-3-8-4-5-9(6-8)7-10/h8-10H,2-7H2,1H3/t8-,9?/m0/s1. The average Bonchev–Trinajstić information content (AvgIpc) is 2.37. The summed E-state index contributed by atoms with van der Waals surface area (Å²) in [5, 5.41) is 8.85. The highest BCUT2D eigenvalue weighted by Crippen LogP contribution is 2.33. The van der Waals surface area contributed by atoms with Gasteiger partial charge in [0.2, 0.25) is 0 Å². The summed E-state index contributed by atoms with van der Waals surface area (Å²) in [6, 6.07) is 0. The van der Waals surface area contributed by atoms with Crippen LogP contribution in [0, 0.1) is 11.8 Å². The van der Waals surface area contributed by atoms with Crippen LogP contribution in [0.5, 0.6) is 0 Å². The molecule has 1 aliphatic rings. The van der Waals surface area contributed by atoms with Gasteiger partial charge in [-0.15, -0.1) is 0 Å². The maximum Gasteiger partial charge on any atom is 0.0459 e. The van der Waals surface area contributed by atoms with Crippen molar-refractivity contribution in [2.75, 3.05) is 6.61 Å². The third-order valence-corrected chi connectivity index (χ3v) is 2.60. The highest BCUT2D eigenvalue weighted by molar-refractivity contribution is 4.74.